The van der Waals surface area contributed by atoms with E-state index in [1.54, 1.807) is 6.07 Å². The molecule has 0 fully saturated rings. The summed E-state index contributed by atoms with van der Waals surface area (Å²) in [6.45, 7) is 2.93. The summed E-state index contributed by atoms with van der Waals surface area (Å²) in [7, 11) is -4.48. The second-order valence-corrected chi connectivity index (χ2v) is 10.6. The number of fused-ring (bicyclic) bond motifs is 1. The monoisotopic (exact) mass is 494 g/mol. The molecule has 1 N–H and O–H groups in total. The molecule has 0 aliphatic carbocycles. The third kappa shape index (κ3) is 9.19. The first-order valence-electron chi connectivity index (χ1n) is 12.7. The van der Waals surface area contributed by atoms with Crippen molar-refractivity contribution in [3.8, 4) is 0 Å². The van der Waals surface area contributed by atoms with Crippen molar-refractivity contribution in [1.82, 2.24) is 0 Å². The quantitative estimate of drug-likeness (QED) is 0.230. The average Bonchev–Trinajstić information content (AvgIpc) is 3.14. The van der Waals surface area contributed by atoms with Crippen molar-refractivity contribution < 1.29 is 42.5 Å². The zero-order valence-corrected chi connectivity index (χ0v) is 23.8. The number of hydrogen-bond acceptors (Lipinski definition) is 5. The predicted molar refractivity (Wildman–Crippen MR) is 136 cm³/mol. The molecule has 1 unspecified atom stereocenters. The van der Waals surface area contributed by atoms with Crippen LogP contribution < -0.4 is 39.8 Å². The van der Waals surface area contributed by atoms with Crippen molar-refractivity contribution >= 4 is 21.5 Å². The smallest absolute Gasteiger partial charge is 0.744 e. The van der Waals surface area contributed by atoms with Crippen LogP contribution in [0.1, 0.15) is 89.5 Å². The van der Waals surface area contributed by atoms with Gasteiger partial charge in [-0.05, 0) is 36.6 Å². The van der Waals surface area contributed by atoms with Gasteiger partial charge in [-0.2, -0.15) is 0 Å². The van der Waals surface area contributed by atoms with Crippen LogP contribution in [0.3, 0.4) is 0 Å². The normalized spacial score (nSPS) is 15.0. The van der Waals surface area contributed by atoms with Gasteiger partial charge in [-0.1, -0.05) is 101 Å². The van der Waals surface area contributed by atoms with E-state index in [1.165, 1.54) is 76.3 Å². The van der Waals surface area contributed by atoms with Crippen molar-refractivity contribution in [2.24, 2.45) is 0 Å². The van der Waals surface area contributed by atoms with Crippen molar-refractivity contribution in [2.75, 3.05) is 10.2 Å². The fourth-order valence-electron chi connectivity index (χ4n) is 4.66. The molecule has 1 aliphatic heterocycles. The molecule has 5 nitrogen and oxygen atoms in total. The number of nitrogens with one attached hydrogen (secondary N) is 1. The molecule has 34 heavy (non-hydrogen) atoms. The first-order valence-corrected chi connectivity index (χ1v) is 14.1. The Morgan fingerprint density at radius 2 is 1.44 bits per heavy atom. The molecule has 7 heteroatoms. The third-order valence-electron chi connectivity index (χ3n) is 6.54. The number of hydrogen-bond donors (Lipinski definition) is 1. The van der Waals surface area contributed by atoms with E-state index in [0.29, 0.717) is 6.54 Å². The summed E-state index contributed by atoms with van der Waals surface area (Å²) in [5.74, 6) is 0. The van der Waals surface area contributed by atoms with Crippen LogP contribution in [0.2, 0.25) is 0 Å². The number of benzene rings is 2. The maximum atomic E-state index is 11.6. The number of nitrogens with zero attached hydrogens (tertiary/aromatic N) is 1. The van der Waals surface area contributed by atoms with Crippen LogP contribution in [0.4, 0.5) is 11.4 Å². The Labute approximate surface area is 228 Å². The van der Waals surface area contributed by atoms with E-state index < -0.39 is 10.1 Å². The molecule has 3 rings (SSSR count). The Kier molecular flexibility index (Phi) is 13.0. The molecule has 0 saturated carbocycles. The van der Waals surface area contributed by atoms with Crippen molar-refractivity contribution in [3.63, 3.8) is 0 Å². The van der Waals surface area contributed by atoms with E-state index in [-0.39, 0.29) is 40.6 Å². The molecular formula is C27H39N2NaO3S. The number of unbranched alkanes of at least 4 members (excludes halogenated alkanes) is 10. The van der Waals surface area contributed by atoms with E-state index in [2.05, 4.69) is 29.3 Å². The fourth-order valence-corrected chi connectivity index (χ4v) is 5.15. The Morgan fingerprint density at radius 3 is 2.03 bits per heavy atom. The van der Waals surface area contributed by atoms with Gasteiger partial charge in [-0.25, -0.2) is 8.42 Å². The number of anilines is 2. The van der Waals surface area contributed by atoms with Gasteiger partial charge in [0.1, 0.15) is 10.1 Å². The van der Waals surface area contributed by atoms with Crippen LogP contribution in [0, 0.1) is 0 Å². The van der Waals surface area contributed by atoms with Gasteiger partial charge >= 0.3 is 29.6 Å². The van der Waals surface area contributed by atoms with Crippen LogP contribution in [0.15, 0.2) is 53.4 Å². The predicted octanol–water partition coefficient (Wildman–Crippen LogP) is 4.05. The zero-order chi connectivity index (χ0) is 23.5. The summed E-state index contributed by atoms with van der Waals surface area (Å²) in [5.41, 5.74) is 2.85. The molecule has 1 aliphatic rings. The van der Waals surface area contributed by atoms with Gasteiger partial charge < -0.3 is 14.8 Å². The zero-order valence-electron chi connectivity index (χ0n) is 21.0. The fraction of sp³-hybridized carbons (Fsp3) is 0.556. The molecular weight excluding hydrogens is 455 g/mol. The molecule has 0 saturated heterocycles. The van der Waals surface area contributed by atoms with Gasteiger partial charge in [0.15, 0.2) is 0 Å². The Hall–Kier alpha value is -1.05. The summed E-state index contributed by atoms with van der Waals surface area (Å²) in [6.07, 6.45) is 15.5. The first-order chi connectivity index (χ1) is 16.0. The molecule has 1 heterocycles. The standard InChI is InChI=1S/C27H40N2O3S.Na/c1-2-3-4-5-6-7-8-9-10-11-15-18-27-28-25-20-19-24(33(30,31)32)21-26(25)29(27)22-23-16-13-12-14-17-23;/h12-14,16-17,19-21,27-28H,2-11,15,18,22H2,1H3,(H,30,31,32);/q;+1/p-1. The minimum atomic E-state index is -4.48. The average molecular weight is 495 g/mol. The van der Waals surface area contributed by atoms with Gasteiger partial charge in [-0.15, -0.1) is 0 Å². The molecule has 1 atom stereocenters. The minimum Gasteiger partial charge on any atom is -0.744 e. The van der Waals surface area contributed by atoms with Crippen molar-refractivity contribution in [1.29, 1.82) is 0 Å². The van der Waals surface area contributed by atoms with Gasteiger partial charge in [0.05, 0.1) is 22.4 Å². The van der Waals surface area contributed by atoms with E-state index in [1.807, 2.05) is 18.2 Å². The second kappa shape index (κ2) is 15.1. The summed E-state index contributed by atoms with van der Waals surface area (Å²) in [4.78, 5) is 2.03. The van der Waals surface area contributed by atoms with Gasteiger partial charge in [0.2, 0.25) is 0 Å². The largest absolute Gasteiger partial charge is 1.00 e. The minimum absolute atomic E-state index is 0. The van der Waals surface area contributed by atoms with E-state index in [0.717, 1.165) is 29.8 Å². The first kappa shape index (κ1) is 29.2. The molecule has 2 aromatic rings. The van der Waals surface area contributed by atoms with Crippen molar-refractivity contribution in [3.05, 3.63) is 54.1 Å². The van der Waals surface area contributed by atoms with Crippen molar-refractivity contribution in [2.45, 2.75) is 102 Å². The molecule has 0 bridgehead atoms. The van der Waals surface area contributed by atoms with Crippen LogP contribution in [0.5, 0.6) is 0 Å². The molecule has 0 amide bonds. The Bertz CT molecular complexity index is 954. The topological polar surface area (TPSA) is 72.5 Å². The van der Waals surface area contributed by atoms with E-state index in [9.17, 15) is 13.0 Å². The van der Waals surface area contributed by atoms with E-state index in [4.69, 9.17) is 0 Å². The summed E-state index contributed by atoms with van der Waals surface area (Å²) in [5, 5.41) is 3.55. The van der Waals surface area contributed by atoms with Crippen LogP contribution in [-0.4, -0.2) is 19.1 Å². The van der Waals surface area contributed by atoms with Gasteiger partial charge in [0, 0.05) is 6.54 Å². The maximum absolute atomic E-state index is 11.6. The van der Waals surface area contributed by atoms with Crippen LogP contribution in [0.25, 0.3) is 0 Å². The summed E-state index contributed by atoms with van der Waals surface area (Å²) in [6, 6.07) is 14.8. The SMILES string of the molecule is CCCCCCCCCCCCCC1Nc2ccc(S(=O)(=O)[O-])cc2N1Cc1ccccc1.[Na+]. The second-order valence-electron chi connectivity index (χ2n) is 9.23. The van der Waals surface area contributed by atoms with E-state index >= 15 is 0 Å². The van der Waals surface area contributed by atoms with Crippen LogP contribution >= 0.6 is 0 Å². The molecule has 0 aromatic heterocycles. The maximum Gasteiger partial charge on any atom is 1.00 e. The van der Waals surface area contributed by atoms with Gasteiger partial charge in [0.25, 0.3) is 0 Å². The summed E-state index contributed by atoms with van der Waals surface area (Å²) >= 11 is 0. The Morgan fingerprint density at radius 1 is 0.853 bits per heavy atom. The molecule has 0 radical (unpaired) electrons. The van der Waals surface area contributed by atoms with Gasteiger partial charge in [-0.3, -0.25) is 0 Å². The molecule has 0 spiro atoms. The Balaban J connectivity index is 0.00000408. The molecule has 2 aromatic carbocycles. The third-order valence-corrected chi connectivity index (χ3v) is 7.37. The molecule has 182 valence electrons. The number of rotatable bonds is 15. The summed E-state index contributed by atoms with van der Waals surface area (Å²) < 4.78 is 34.7. The van der Waals surface area contributed by atoms with Crippen LogP contribution in [-0.2, 0) is 16.7 Å².